The number of esters is 1. The lowest BCUT2D eigenvalue weighted by atomic mass is 9.82. The minimum absolute atomic E-state index is 0.0860. The van der Waals surface area contributed by atoms with Crippen molar-refractivity contribution in [3.63, 3.8) is 0 Å². The molecule has 0 aromatic heterocycles. The smallest absolute Gasteiger partial charge is 0.309 e. The third kappa shape index (κ3) is 3.63. The molecule has 0 spiro atoms. The fraction of sp³-hybridized carbons (Fsp3) is 0.238. The molecular weight excluding hydrogens is 314 g/mol. The van der Waals surface area contributed by atoms with Gasteiger partial charge in [-0.1, -0.05) is 48.6 Å². The SMILES string of the molecule is COC(=O)C1CC=CCC1C(=O)N(c1ccccc1)c1ccccc1. The van der Waals surface area contributed by atoms with Crippen molar-refractivity contribution in [1.82, 2.24) is 0 Å². The van der Waals surface area contributed by atoms with Gasteiger partial charge in [-0.2, -0.15) is 0 Å². The van der Waals surface area contributed by atoms with Gasteiger partial charge in [0.15, 0.2) is 0 Å². The maximum atomic E-state index is 13.4. The highest BCUT2D eigenvalue weighted by molar-refractivity contribution is 6.03. The largest absolute Gasteiger partial charge is 0.469 e. The number of hydrogen-bond acceptors (Lipinski definition) is 3. The summed E-state index contributed by atoms with van der Waals surface area (Å²) < 4.78 is 4.92. The number of carbonyl (C=O) groups is 2. The number of nitrogens with zero attached hydrogens (tertiary/aromatic N) is 1. The molecular formula is C21H21NO3. The van der Waals surface area contributed by atoms with Crippen molar-refractivity contribution in [3.8, 4) is 0 Å². The number of allylic oxidation sites excluding steroid dienone is 2. The molecule has 1 amide bonds. The first-order valence-corrected chi connectivity index (χ1v) is 8.39. The Bertz CT molecular complexity index is 716. The molecule has 1 aliphatic carbocycles. The second kappa shape index (κ2) is 7.79. The first kappa shape index (κ1) is 17.0. The van der Waals surface area contributed by atoms with E-state index >= 15 is 0 Å². The molecule has 0 saturated carbocycles. The maximum Gasteiger partial charge on any atom is 0.309 e. The Morgan fingerprint density at radius 3 is 1.80 bits per heavy atom. The van der Waals surface area contributed by atoms with E-state index in [9.17, 15) is 9.59 Å². The second-order valence-corrected chi connectivity index (χ2v) is 6.02. The van der Waals surface area contributed by atoms with E-state index in [1.807, 2.05) is 72.8 Å². The number of rotatable bonds is 4. The van der Waals surface area contributed by atoms with E-state index in [1.165, 1.54) is 7.11 Å². The Kier molecular flexibility index (Phi) is 5.29. The van der Waals surface area contributed by atoms with Crippen LogP contribution in [0.4, 0.5) is 11.4 Å². The zero-order chi connectivity index (χ0) is 17.6. The van der Waals surface area contributed by atoms with E-state index in [4.69, 9.17) is 4.74 Å². The predicted molar refractivity (Wildman–Crippen MR) is 97.4 cm³/mol. The highest BCUT2D eigenvalue weighted by Crippen LogP contribution is 2.33. The molecule has 0 saturated heterocycles. The average Bonchev–Trinajstić information content (AvgIpc) is 2.69. The average molecular weight is 335 g/mol. The molecule has 0 fully saturated rings. The molecule has 4 heteroatoms. The van der Waals surface area contributed by atoms with Gasteiger partial charge in [-0.25, -0.2) is 0 Å². The lowest BCUT2D eigenvalue weighted by molar-refractivity contribution is -0.150. The number of benzene rings is 2. The molecule has 2 unspecified atom stereocenters. The Balaban J connectivity index is 1.99. The summed E-state index contributed by atoms with van der Waals surface area (Å²) in [7, 11) is 1.37. The van der Waals surface area contributed by atoms with E-state index in [0.717, 1.165) is 11.4 Å². The van der Waals surface area contributed by atoms with Crippen LogP contribution < -0.4 is 4.90 Å². The van der Waals surface area contributed by atoms with Gasteiger partial charge >= 0.3 is 5.97 Å². The van der Waals surface area contributed by atoms with Crippen molar-refractivity contribution in [2.75, 3.05) is 12.0 Å². The van der Waals surface area contributed by atoms with Crippen LogP contribution in [-0.4, -0.2) is 19.0 Å². The fourth-order valence-corrected chi connectivity index (χ4v) is 3.22. The van der Waals surface area contributed by atoms with Crippen LogP contribution in [0, 0.1) is 11.8 Å². The highest BCUT2D eigenvalue weighted by Gasteiger charge is 2.37. The summed E-state index contributed by atoms with van der Waals surface area (Å²) >= 11 is 0. The summed E-state index contributed by atoms with van der Waals surface area (Å²) in [6.07, 6.45) is 4.98. The summed E-state index contributed by atoms with van der Waals surface area (Å²) in [6.45, 7) is 0. The van der Waals surface area contributed by atoms with E-state index in [0.29, 0.717) is 12.8 Å². The van der Waals surface area contributed by atoms with Gasteiger partial charge in [-0.15, -0.1) is 0 Å². The van der Waals surface area contributed by atoms with Gasteiger partial charge in [0.05, 0.1) is 18.9 Å². The molecule has 25 heavy (non-hydrogen) atoms. The monoisotopic (exact) mass is 335 g/mol. The normalized spacial score (nSPS) is 19.2. The molecule has 0 bridgehead atoms. The summed E-state index contributed by atoms with van der Waals surface area (Å²) in [5.41, 5.74) is 1.58. The van der Waals surface area contributed by atoms with E-state index in [-0.39, 0.29) is 11.9 Å². The lowest BCUT2D eigenvalue weighted by Gasteiger charge is -2.31. The third-order valence-corrected chi connectivity index (χ3v) is 4.50. The van der Waals surface area contributed by atoms with Crippen LogP contribution in [-0.2, 0) is 14.3 Å². The van der Waals surface area contributed by atoms with Gasteiger partial charge in [0.2, 0.25) is 5.91 Å². The van der Waals surface area contributed by atoms with E-state index < -0.39 is 11.8 Å². The molecule has 2 aromatic carbocycles. The summed E-state index contributed by atoms with van der Waals surface area (Å²) in [6, 6.07) is 19.0. The molecule has 2 aromatic rings. The van der Waals surface area contributed by atoms with Gasteiger partial charge in [0.1, 0.15) is 0 Å². The number of anilines is 2. The van der Waals surface area contributed by atoms with E-state index in [2.05, 4.69) is 0 Å². The topological polar surface area (TPSA) is 46.6 Å². The van der Waals surface area contributed by atoms with E-state index in [1.54, 1.807) is 4.90 Å². The van der Waals surface area contributed by atoms with Crippen molar-refractivity contribution in [3.05, 3.63) is 72.8 Å². The maximum absolute atomic E-state index is 13.4. The van der Waals surface area contributed by atoms with Crippen LogP contribution >= 0.6 is 0 Å². The first-order chi connectivity index (χ1) is 12.2. The molecule has 0 heterocycles. The highest BCUT2D eigenvalue weighted by atomic mass is 16.5. The molecule has 0 radical (unpaired) electrons. The Hall–Kier alpha value is -2.88. The third-order valence-electron chi connectivity index (χ3n) is 4.50. The number of carbonyl (C=O) groups excluding carboxylic acids is 2. The van der Waals surface area contributed by atoms with Crippen molar-refractivity contribution >= 4 is 23.3 Å². The minimum Gasteiger partial charge on any atom is -0.469 e. The van der Waals surface area contributed by atoms with Crippen LogP contribution in [0.1, 0.15) is 12.8 Å². The number of methoxy groups -OCH3 is 1. The molecule has 128 valence electrons. The fourth-order valence-electron chi connectivity index (χ4n) is 3.22. The Morgan fingerprint density at radius 2 is 1.32 bits per heavy atom. The molecule has 1 aliphatic rings. The summed E-state index contributed by atoms with van der Waals surface area (Å²) in [4.78, 5) is 27.3. The Morgan fingerprint density at radius 1 is 0.840 bits per heavy atom. The number of hydrogen-bond donors (Lipinski definition) is 0. The van der Waals surface area contributed by atoms with Gasteiger partial charge in [-0.05, 0) is 37.1 Å². The van der Waals surface area contributed by atoms with Crippen molar-refractivity contribution < 1.29 is 14.3 Å². The van der Waals surface area contributed by atoms with Crippen LogP contribution in [0.3, 0.4) is 0 Å². The molecule has 0 N–H and O–H groups in total. The predicted octanol–water partition coefficient (Wildman–Crippen LogP) is 4.11. The van der Waals surface area contributed by atoms with Crippen LogP contribution in [0.2, 0.25) is 0 Å². The minimum atomic E-state index is -0.447. The summed E-state index contributed by atoms with van der Waals surface area (Å²) in [5, 5.41) is 0. The van der Waals surface area contributed by atoms with Crippen molar-refractivity contribution in [2.24, 2.45) is 11.8 Å². The number of ether oxygens (including phenoxy) is 1. The molecule has 4 nitrogen and oxygen atoms in total. The molecule has 2 atom stereocenters. The van der Waals surface area contributed by atoms with Gasteiger partial charge in [0, 0.05) is 11.4 Å². The quantitative estimate of drug-likeness (QED) is 0.624. The first-order valence-electron chi connectivity index (χ1n) is 8.39. The van der Waals surface area contributed by atoms with Crippen molar-refractivity contribution in [1.29, 1.82) is 0 Å². The van der Waals surface area contributed by atoms with Crippen LogP contribution in [0.25, 0.3) is 0 Å². The zero-order valence-corrected chi connectivity index (χ0v) is 14.2. The zero-order valence-electron chi connectivity index (χ0n) is 14.2. The number of para-hydroxylation sites is 2. The summed E-state index contributed by atoms with van der Waals surface area (Å²) in [5.74, 6) is -1.30. The van der Waals surface area contributed by atoms with Gasteiger partial charge in [-0.3, -0.25) is 14.5 Å². The lowest BCUT2D eigenvalue weighted by Crippen LogP contribution is -2.40. The standard InChI is InChI=1S/C21H21NO3/c1-25-21(24)19-15-9-8-14-18(19)20(23)22(16-10-4-2-5-11-16)17-12-6-3-7-13-17/h2-13,18-19H,14-15H2,1H3. The number of amides is 1. The van der Waals surface area contributed by atoms with Gasteiger partial charge < -0.3 is 4.74 Å². The second-order valence-electron chi connectivity index (χ2n) is 6.02. The molecule has 0 aliphatic heterocycles. The Labute approximate surface area is 147 Å². The van der Waals surface area contributed by atoms with Gasteiger partial charge in [0.25, 0.3) is 0 Å². The van der Waals surface area contributed by atoms with Crippen LogP contribution in [0.5, 0.6) is 0 Å². The van der Waals surface area contributed by atoms with Crippen molar-refractivity contribution in [2.45, 2.75) is 12.8 Å². The van der Waals surface area contributed by atoms with Crippen LogP contribution in [0.15, 0.2) is 72.8 Å². The molecule has 3 rings (SSSR count).